The fourth-order valence-corrected chi connectivity index (χ4v) is 9.65. The summed E-state index contributed by atoms with van der Waals surface area (Å²) in [6.45, 7) is 14.2. The number of carbonyl (C=O) groups is 3. The molecule has 3 saturated heterocycles. The lowest BCUT2D eigenvalue weighted by atomic mass is 9.70. The number of fused-ring (bicyclic) bond motifs is 2. The minimum atomic E-state index is -1.92. The molecule has 0 saturated carbocycles. The zero-order valence-electron chi connectivity index (χ0n) is 35.7. The van der Waals surface area contributed by atoms with Gasteiger partial charge in [-0.15, -0.1) is 0 Å². The maximum Gasteiger partial charge on any atom is 0.338 e. The molecule has 0 aromatic heterocycles. The summed E-state index contributed by atoms with van der Waals surface area (Å²) in [6.07, 6.45) is 9.03. The largest absolute Gasteiger partial charge is 0.462 e. The molecule has 322 valence electrons. The molecule has 60 heavy (non-hydrogen) atoms. The number of allylic oxidation sites excluding steroid dienone is 2. The first-order valence-corrected chi connectivity index (χ1v) is 21.9. The monoisotopic (exact) mass is 842 g/mol. The van der Waals surface area contributed by atoms with Gasteiger partial charge in [-0.05, 0) is 98.6 Å². The molecule has 4 heterocycles. The van der Waals surface area contributed by atoms with Gasteiger partial charge < -0.3 is 33.5 Å². The number of aryl methyl sites for hydroxylation is 1. The number of esters is 3. The van der Waals surface area contributed by atoms with Crippen molar-refractivity contribution in [3.8, 4) is 0 Å². The number of benzene rings is 2. The van der Waals surface area contributed by atoms with Gasteiger partial charge in [-0.1, -0.05) is 93.8 Å². The molecule has 11 heteroatoms. The molecular formula is C49H59ClO10. The van der Waals surface area contributed by atoms with Crippen molar-refractivity contribution in [3.63, 3.8) is 0 Å². The highest BCUT2D eigenvalue weighted by atomic mass is 35.5. The molecule has 4 aliphatic heterocycles. The Hall–Kier alpha value is -4.06. The number of hydrogen-bond donors (Lipinski definition) is 1. The van der Waals surface area contributed by atoms with Crippen LogP contribution in [0, 0.1) is 30.6 Å². The van der Waals surface area contributed by atoms with Crippen LogP contribution in [0.15, 0.2) is 95.6 Å². The fraction of sp³-hybridized carbons (Fsp3) is 0.531. The van der Waals surface area contributed by atoms with E-state index in [0.717, 1.165) is 24.0 Å². The van der Waals surface area contributed by atoms with E-state index in [-0.39, 0.29) is 24.7 Å². The number of aliphatic hydroxyl groups is 1. The summed E-state index contributed by atoms with van der Waals surface area (Å²) in [5.41, 5.74) is 1.64. The number of halogens is 1. The van der Waals surface area contributed by atoms with Gasteiger partial charge in [0.25, 0.3) is 0 Å². The van der Waals surface area contributed by atoms with Crippen molar-refractivity contribution in [2.24, 2.45) is 23.7 Å². The molecule has 0 radical (unpaired) electrons. The third-order valence-electron chi connectivity index (χ3n) is 13.3. The second kappa shape index (κ2) is 18.1. The van der Waals surface area contributed by atoms with Crippen molar-refractivity contribution in [2.45, 2.75) is 135 Å². The molecule has 0 unspecified atom stereocenters. The van der Waals surface area contributed by atoms with Crippen LogP contribution in [0.2, 0.25) is 5.02 Å². The van der Waals surface area contributed by atoms with Crippen LogP contribution in [-0.4, -0.2) is 77.6 Å². The van der Waals surface area contributed by atoms with Gasteiger partial charge in [0.05, 0.1) is 29.9 Å². The summed E-state index contributed by atoms with van der Waals surface area (Å²) >= 11 is 6.12. The van der Waals surface area contributed by atoms with E-state index in [4.69, 9.17) is 40.0 Å². The standard InChI is InChI=1S/C49H59ClO10/c1-8-29(3)42-32(6)22-23-48(60-42)26-39-25-38(59-48)21-14-31(5)41(57-45(51)35-17-19-37(50)20-18-35)30(4)10-9-11-36-27-55-44-43(58-46(52)34-15-12-28(2)13-16-34)33(7)24-40(47(53)56-39)49(36,44)54/h9-20,24,29-30,32,38-44,54H,8,21-23,25-27H2,1-7H3/b10-9+,31-14+,36-11+/t29-,30-,32-,38+,39-,40-,41-,42+,43+,44+,48+,49+/m0/s1. The molecule has 3 fully saturated rings. The van der Waals surface area contributed by atoms with E-state index in [1.165, 1.54) is 0 Å². The van der Waals surface area contributed by atoms with E-state index in [9.17, 15) is 19.5 Å². The molecule has 0 amide bonds. The van der Waals surface area contributed by atoms with Crippen LogP contribution < -0.4 is 0 Å². The Kier molecular flexibility index (Phi) is 13.3. The average Bonchev–Trinajstić information content (AvgIpc) is 3.56. The zero-order chi connectivity index (χ0) is 42.9. The lowest BCUT2D eigenvalue weighted by Gasteiger charge is -2.51. The van der Waals surface area contributed by atoms with E-state index in [0.29, 0.717) is 64.8 Å². The van der Waals surface area contributed by atoms with Gasteiger partial charge in [-0.3, -0.25) is 4.79 Å². The van der Waals surface area contributed by atoms with Crippen LogP contribution in [0.1, 0.15) is 106 Å². The Bertz CT molecular complexity index is 2030. The fourth-order valence-electron chi connectivity index (χ4n) is 9.52. The summed E-state index contributed by atoms with van der Waals surface area (Å²) in [6, 6.07) is 13.6. The Morgan fingerprint density at radius 3 is 2.28 bits per heavy atom. The van der Waals surface area contributed by atoms with Crippen molar-refractivity contribution in [1.82, 2.24) is 0 Å². The van der Waals surface area contributed by atoms with Crippen molar-refractivity contribution in [1.29, 1.82) is 0 Å². The number of ether oxygens (including phenoxy) is 6. The Morgan fingerprint density at radius 2 is 1.60 bits per heavy atom. The SMILES string of the molecule is CC[C@H](C)[C@H]1O[C@]2(CC[C@@H]1C)C[C@@H]1C[C@@H](C/C=C(\C)[C@@H](OC(=O)c3ccc(Cl)cc3)[C@@H](C)/C=C/C=C3\CO[C@@H]4[C@H](OC(=O)c5ccc(C)cc5)C(C)=C[C@@H](C(=O)O1)[C@]34O)O2. The highest BCUT2D eigenvalue weighted by molar-refractivity contribution is 6.30. The quantitative estimate of drug-likeness (QED) is 0.171. The van der Waals surface area contributed by atoms with Gasteiger partial charge in [-0.25, -0.2) is 9.59 Å². The van der Waals surface area contributed by atoms with Crippen LogP contribution >= 0.6 is 11.6 Å². The molecule has 2 bridgehead atoms. The first-order chi connectivity index (χ1) is 28.6. The van der Waals surface area contributed by atoms with Crippen LogP contribution in [0.4, 0.5) is 0 Å². The Balaban J connectivity index is 1.27. The first kappa shape index (κ1) is 44.0. The van der Waals surface area contributed by atoms with Crippen molar-refractivity contribution < 1.29 is 47.9 Å². The minimum absolute atomic E-state index is 0.0250. The summed E-state index contributed by atoms with van der Waals surface area (Å²) < 4.78 is 38.9. The van der Waals surface area contributed by atoms with E-state index in [2.05, 4.69) is 20.8 Å². The lowest BCUT2D eigenvalue weighted by molar-refractivity contribution is -0.340. The van der Waals surface area contributed by atoms with Crippen molar-refractivity contribution in [2.75, 3.05) is 6.61 Å². The van der Waals surface area contributed by atoms with E-state index >= 15 is 0 Å². The maximum atomic E-state index is 14.6. The zero-order valence-corrected chi connectivity index (χ0v) is 36.5. The lowest BCUT2D eigenvalue weighted by Crippen LogP contribution is -2.59. The van der Waals surface area contributed by atoms with Gasteiger partial charge in [0, 0.05) is 30.2 Å². The molecule has 1 N–H and O–H groups in total. The molecule has 7 rings (SSSR count). The molecule has 1 aliphatic carbocycles. The highest BCUT2D eigenvalue weighted by Gasteiger charge is 2.61. The third kappa shape index (κ3) is 9.09. The molecule has 12 atom stereocenters. The third-order valence-corrected chi connectivity index (χ3v) is 13.5. The van der Waals surface area contributed by atoms with E-state index < -0.39 is 59.6 Å². The Morgan fingerprint density at radius 1 is 0.933 bits per heavy atom. The molecule has 1 spiro atoms. The van der Waals surface area contributed by atoms with Crippen LogP contribution in [-0.2, 0) is 33.2 Å². The second-order valence-corrected chi connectivity index (χ2v) is 18.2. The molecule has 2 aromatic carbocycles. The van der Waals surface area contributed by atoms with Crippen LogP contribution in [0.25, 0.3) is 0 Å². The maximum absolute atomic E-state index is 14.6. The first-order valence-electron chi connectivity index (χ1n) is 21.5. The molecule has 2 aromatic rings. The molecular weight excluding hydrogens is 784 g/mol. The van der Waals surface area contributed by atoms with Gasteiger partial charge in [-0.2, -0.15) is 0 Å². The van der Waals surface area contributed by atoms with Gasteiger partial charge >= 0.3 is 17.9 Å². The van der Waals surface area contributed by atoms with Gasteiger partial charge in [0.2, 0.25) is 0 Å². The number of carbonyl (C=O) groups excluding carboxylic acids is 3. The van der Waals surface area contributed by atoms with E-state index in [1.54, 1.807) is 61.5 Å². The van der Waals surface area contributed by atoms with Crippen molar-refractivity contribution >= 4 is 29.5 Å². The predicted molar refractivity (Wildman–Crippen MR) is 227 cm³/mol. The summed E-state index contributed by atoms with van der Waals surface area (Å²) in [4.78, 5) is 41.7. The molecule has 10 nitrogen and oxygen atoms in total. The normalized spacial score (nSPS) is 37.2. The minimum Gasteiger partial charge on any atom is -0.462 e. The second-order valence-electron chi connectivity index (χ2n) is 17.7. The number of hydrogen-bond acceptors (Lipinski definition) is 10. The molecule has 5 aliphatic rings. The number of rotatable bonds is 6. The average molecular weight is 843 g/mol. The summed E-state index contributed by atoms with van der Waals surface area (Å²) in [5, 5.41) is 13.4. The van der Waals surface area contributed by atoms with Crippen LogP contribution in [0.5, 0.6) is 0 Å². The van der Waals surface area contributed by atoms with Crippen LogP contribution in [0.3, 0.4) is 0 Å². The Labute approximate surface area is 358 Å². The smallest absolute Gasteiger partial charge is 0.338 e. The van der Waals surface area contributed by atoms with Gasteiger partial charge in [0.1, 0.15) is 29.8 Å². The highest BCUT2D eigenvalue weighted by Crippen LogP contribution is 2.48. The topological polar surface area (TPSA) is 127 Å². The summed E-state index contributed by atoms with van der Waals surface area (Å²) in [7, 11) is 0. The summed E-state index contributed by atoms with van der Waals surface area (Å²) in [5.74, 6) is -3.51. The van der Waals surface area contributed by atoms with Crippen molar-refractivity contribution in [3.05, 3.63) is 117 Å². The van der Waals surface area contributed by atoms with E-state index in [1.807, 2.05) is 45.1 Å². The van der Waals surface area contributed by atoms with Gasteiger partial charge in [0.15, 0.2) is 11.9 Å². The predicted octanol–water partition coefficient (Wildman–Crippen LogP) is 9.22.